The molecule has 0 saturated heterocycles. The molecule has 3 aliphatic carbocycles. The number of aliphatic hydroxyl groups is 2. The highest BCUT2D eigenvalue weighted by molar-refractivity contribution is 5.71. The lowest BCUT2D eigenvalue weighted by Crippen LogP contribution is -2.33. The van der Waals surface area contributed by atoms with E-state index in [-0.39, 0.29) is 35.9 Å². The molecule has 0 radical (unpaired) electrons. The molecule has 0 aromatic heterocycles. The summed E-state index contributed by atoms with van der Waals surface area (Å²) in [6.45, 7) is 15.1. The minimum absolute atomic E-state index is 0.0183. The summed E-state index contributed by atoms with van der Waals surface area (Å²) in [5, 5.41) is 20.2. The number of carbonyl (C=O) groups is 1. The molecule has 3 rings (SSSR count). The molecule has 5 nitrogen and oxygen atoms in total. The summed E-state index contributed by atoms with van der Waals surface area (Å²) in [6.07, 6.45) is 10.4. The summed E-state index contributed by atoms with van der Waals surface area (Å²) in [5.41, 5.74) is 4.39. The van der Waals surface area contributed by atoms with E-state index in [1.165, 1.54) is 11.1 Å². The lowest BCUT2D eigenvalue weighted by atomic mass is 9.64. The fourth-order valence-electron chi connectivity index (χ4n) is 6.07. The highest BCUT2D eigenvalue weighted by Gasteiger charge is 2.44. The van der Waals surface area contributed by atoms with Crippen molar-refractivity contribution < 1.29 is 24.5 Å². The van der Waals surface area contributed by atoms with E-state index in [0.29, 0.717) is 25.4 Å². The first kappa shape index (κ1) is 26.9. The van der Waals surface area contributed by atoms with Crippen molar-refractivity contribution in [2.45, 2.75) is 91.5 Å². The van der Waals surface area contributed by atoms with Gasteiger partial charge in [0, 0.05) is 6.42 Å². The predicted molar refractivity (Wildman–Crippen MR) is 135 cm³/mol. The monoisotopic (exact) mass is 472 g/mol. The third-order valence-electron chi connectivity index (χ3n) is 8.04. The van der Waals surface area contributed by atoms with Crippen molar-refractivity contribution in [1.82, 2.24) is 0 Å². The molecular weight excluding hydrogens is 428 g/mol. The van der Waals surface area contributed by atoms with Gasteiger partial charge >= 0.3 is 5.97 Å². The van der Waals surface area contributed by atoms with Crippen molar-refractivity contribution >= 4 is 5.97 Å². The average molecular weight is 473 g/mol. The van der Waals surface area contributed by atoms with Crippen molar-refractivity contribution in [1.29, 1.82) is 0 Å². The van der Waals surface area contributed by atoms with Crippen molar-refractivity contribution in [3.8, 4) is 0 Å². The number of esters is 1. The summed E-state index contributed by atoms with van der Waals surface area (Å²) in [7, 11) is 0. The number of fused-ring (bicyclic) bond motifs is 1. The number of carbonyl (C=O) groups excluding carboxylic acids is 1. The van der Waals surface area contributed by atoms with Crippen LogP contribution in [0, 0.1) is 23.2 Å². The maximum absolute atomic E-state index is 12.3. The van der Waals surface area contributed by atoms with E-state index < -0.39 is 12.2 Å². The molecule has 2 fully saturated rings. The third kappa shape index (κ3) is 6.10. The van der Waals surface area contributed by atoms with Gasteiger partial charge in [0.2, 0.25) is 0 Å². The Morgan fingerprint density at radius 3 is 2.62 bits per heavy atom. The lowest BCUT2D eigenvalue weighted by Gasteiger charge is -2.41. The van der Waals surface area contributed by atoms with E-state index in [2.05, 4.69) is 59.4 Å². The Morgan fingerprint density at radius 1 is 1.24 bits per heavy atom. The molecule has 2 N–H and O–H groups in total. The first-order valence-corrected chi connectivity index (χ1v) is 12.9. The Hall–Kier alpha value is -1.69. The predicted octanol–water partition coefficient (Wildman–Crippen LogP) is 5.29. The second-order valence-electron chi connectivity index (χ2n) is 11.3. The summed E-state index contributed by atoms with van der Waals surface area (Å²) in [4.78, 5) is 12.3. The number of hydrogen-bond acceptors (Lipinski definition) is 5. The van der Waals surface area contributed by atoms with E-state index in [0.717, 1.165) is 36.8 Å². The van der Waals surface area contributed by atoms with Crippen molar-refractivity contribution in [3.05, 3.63) is 47.1 Å². The number of rotatable bonds is 8. The van der Waals surface area contributed by atoms with E-state index in [9.17, 15) is 15.0 Å². The zero-order chi connectivity index (χ0) is 25.0. The molecule has 190 valence electrons. The summed E-state index contributed by atoms with van der Waals surface area (Å²) >= 11 is 0. The van der Waals surface area contributed by atoms with Gasteiger partial charge in [0.15, 0.2) is 0 Å². The van der Waals surface area contributed by atoms with Crippen LogP contribution in [0.15, 0.2) is 47.1 Å². The quantitative estimate of drug-likeness (QED) is 0.371. The van der Waals surface area contributed by atoms with E-state index in [1.807, 2.05) is 0 Å². The molecule has 0 spiro atoms. The standard InChI is InChI=1S/C29H44O5/c1-18(2)28(19(3)4)34-27(32)17-33-16-23-11-12-25-21(8-7-13-29(23,25)6)9-10-22-14-24(30)15-26(31)20(22)5/h9-11,18-19,24-26,28,30-31H,5,7-8,12-17H2,1-4,6H3/b21-9-,22-10+. The molecule has 34 heavy (non-hydrogen) atoms. The van der Waals surface area contributed by atoms with Gasteiger partial charge in [-0.2, -0.15) is 0 Å². The molecule has 2 saturated carbocycles. The highest BCUT2D eigenvalue weighted by Crippen LogP contribution is 2.54. The number of allylic oxidation sites excluding steroid dienone is 4. The van der Waals surface area contributed by atoms with Crippen LogP contribution in [0.4, 0.5) is 0 Å². The van der Waals surface area contributed by atoms with Gasteiger partial charge in [-0.15, -0.1) is 0 Å². The average Bonchev–Trinajstić information content (AvgIpc) is 3.09. The second kappa shape index (κ2) is 11.4. The molecule has 0 bridgehead atoms. The first-order chi connectivity index (χ1) is 16.0. The van der Waals surface area contributed by atoms with Crippen LogP contribution in [0.3, 0.4) is 0 Å². The zero-order valence-corrected chi connectivity index (χ0v) is 21.7. The van der Waals surface area contributed by atoms with Gasteiger partial charge in [-0.25, -0.2) is 4.79 Å². The maximum atomic E-state index is 12.3. The Morgan fingerprint density at radius 2 is 1.94 bits per heavy atom. The number of ether oxygens (including phenoxy) is 2. The lowest BCUT2D eigenvalue weighted by molar-refractivity contribution is -0.159. The first-order valence-electron chi connectivity index (χ1n) is 12.9. The van der Waals surface area contributed by atoms with Crippen LogP contribution >= 0.6 is 0 Å². The zero-order valence-electron chi connectivity index (χ0n) is 21.7. The van der Waals surface area contributed by atoms with Gasteiger partial charge < -0.3 is 19.7 Å². The van der Waals surface area contributed by atoms with Crippen LogP contribution in [0.5, 0.6) is 0 Å². The maximum Gasteiger partial charge on any atom is 0.332 e. The summed E-state index contributed by atoms with van der Waals surface area (Å²) in [6, 6.07) is 0. The van der Waals surface area contributed by atoms with Gasteiger partial charge in [0.05, 0.1) is 18.8 Å². The largest absolute Gasteiger partial charge is 0.460 e. The van der Waals surface area contributed by atoms with Crippen LogP contribution in [-0.2, 0) is 14.3 Å². The van der Waals surface area contributed by atoms with Crippen molar-refractivity contribution in [3.63, 3.8) is 0 Å². The van der Waals surface area contributed by atoms with Gasteiger partial charge in [-0.05, 0) is 72.0 Å². The van der Waals surface area contributed by atoms with Crippen LogP contribution < -0.4 is 0 Å². The Balaban J connectivity index is 1.60. The van der Waals surface area contributed by atoms with Gasteiger partial charge in [0.1, 0.15) is 12.7 Å². The van der Waals surface area contributed by atoms with E-state index >= 15 is 0 Å². The minimum atomic E-state index is -0.662. The SMILES string of the molecule is C=C1/C(=C/C=C2/CCCC3(C)C(COCC(=O)OC(C(C)C)C(C)C)=CCC23)CC(O)CC1O. The molecule has 5 heteroatoms. The molecule has 0 aromatic carbocycles. The van der Waals surface area contributed by atoms with Crippen molar-refractivity contribution in [2.75, 3.05) is 13.2 Å². The minimum Gasteiger partial charge on any atom is -0.460 e. The normalized spacial score (nSPS) is 32.1. The molecular formula is C29H44O5. The molecule has 4 atom stereocenters. The van der Waals surface area contributed by atoms with Crippen LogP contribution in [0.25, 0.3) is 0 Å². The Labute approximate surface area is 205 Å². The third-order valence-corrected chi connectivity index (χ3v) is 8.04. The van der Waals surface area contributed by atoms with Gasteiger partial charge in [0.25, 0.3) is 0 Å². The molecule has 0 heterocycles. The Bertz CT molecular complexity index is 841. The fourth-order valence-corrected chi connectivity index (χ4v) is 6.07. The molecule has 0 aromatic rings. The molecule has 4 unspecified atom stereocenters. The van der Waals surface area contributed by atoms with Crippen LogP contribution in [0.2, 0.25) is 0 Å². The topological polar surface area (TPSA) is 76.0 Å². The summed E-state index contributed by atoms with van der Waals surface area (Å²) in [5.74, 6) is 0.684. The molecule has 0 amide bonds. The Kier molecular flexibility index (Phi) is 8.99. The molecule has 3 aliphatic rings. The van der Waals surface area contributed by atoms with Crippen LogP contribution in [-0.4, -0.2) is 47.7 Å². The number of aliphatic hydroxyl groups excluding tert-OH is 2. The number of hydrogen-bond donors (Lipinski definition) is 2. The van der Waals surface area contributed by atoms with Crippen LogP contribution in [0.1, 0.15) is 73.1 Å². The van der Waals surface area contributed by atoms with E-state index in [1.54, 1.807) is 0 Å². The van der Waals surface area contributed by atoms with E-state index in [4.69, 9.17) is 9.47 Å². The molecule has 0 aliphatic heterocycles. The van der Waals surface area contributed by atoms with Crippen molar-refractivity contribution in [2.24, 2.45) is 23.2 Å². The highest BCUT2D eigenvalue weighted by atomic mass is 16.6. The fraction of sp³-hybridized carbons (Fsp3) is 0.690. The van der Waals surface area contributed by atoms with Gasteiger partial charge in [-0.3, -0.25) is 0 Å². The van der Waals surface area contributed by atoms with Gasteiger partial charge in [-0.1, -0.05) is 65.0 Å². The second-order valence-corrected chi connectivity index (χ2v) is 11.3. The summed E-state index contributed by atoms with van der Waals surface area (Å²) < 4.78 is 11.5. The smallest absolute Gasteiger partial charge is 0.332 e.